The minimum Gasteiger partial charge on any atom is -0.344 e. The van der Waals surface area contributed by atoms with Crippen LogP contribution in [0, 0.1) is 14.3 Å². The molecule has 1 aliphatic rings. The predicted octanol–water partition coefficient (Wildman–Crippen LogP) is 25.9. The van der Waals surface area contributed by atoms with Crippen LogP contribution < -0.4 is 23.7 Å². The number of hydrogen-bond donors (Lipinski definition) is 1. The van der Waals surface area contributed by atoms with Crippen LogP contribution in [0.15, 0.2) is 291 Å². The van der Waals surface area contributed by atoms with E-state index in [0.717, 1.165) is 35.8 Å². The van der Waals surface area contributed by atoms with E-state index in [2.05, 4.69) is 424 Å². The van der Waals surface area contributed by atoms with Crippen LogP contribution in [0.3, 0.4) is 0 Å². The second kappa shape index (κ2) is 38.1. The summed E-state index contributed by atoms with van der Waals surface area (Å²) in [5.74, 6) is 0. The summed E-state index contributed by atoms with van der Waals surface area (Å²) in [4.78, 5) is 0. The standard InChI is InChI=1S/C24H16Br2Ge.C12H6Br2I2.C12H8Br2.C12H8I2.C6H4Br2.CHCl3.ClH.H3N/c25-17-11-13-23-21(15-17)22-16-18(26)12-14-24(22)27(23,19-7-3-1-4-8-19)20-9-5-2-6-10-20;13-7-1-3-11(15)9(5-7)10-6-8(14)2-4-12(10)16;2*13-11-7-3-1-5-9(11)10-6-2-4-8-12(10)14;7-5-3-1-2-4-6(5)8;2-1(3)4;;/h1-16H;1-6H;2*1-8H;1-4H;1H;1H;1H3. The van der Waals surface area contributed by atoms with Crippen molar-refractivity contribution in [3.63, 3.8) is 0 Å². The molecule has 0 radical (unpaired) electrons. The SMILES string of the molecule is Brc1cc[c]2c(c1)-c1cc(Br)cc[c]1[Ge]2([c]1ccccc1)[c]1ccccc1.Brc1ccc(I)c(-c2cc(Br)ccc2I)c1.Brc1ccccc1-c1ccccc1Br.Brc1ccccc1Br.Cl.ClC(Cl)Cl.Ic1ccccc1-c1ccccc1I.N. The van der Waals surface area contributed by atoms with E-state index >= 15 is 0 Å². The normalized spacial score (nSPS) is 11.0. The Morgan fingerprint density at radius 3 is 0.824 bits per heavy atom. The van der Waals surface area contributed by atoms with Crippen LogP contribution in [-0.2, 0) is 0 Å². The average molecular weight is 2230 g/mol. The van der Waals surface area contributed by atoms with Crippen LogP contribution in [0.5, 0.6) is 0 Å². The van der Waals surface area contributed by atoms with Gasteiger partial charge in [-0.25, -0.2) is 0 Å². The molecule has 0 saturated carbocycles. The van der Waals surface area contributed by atoms with Gasteiger partial charge in [0.15, 0.2) is 4.30 Å². The topological polar surface area (TPSA) is 35.0 Å². The van der Waals surface area contributed by atoms with Crippen molar-refractivity contribution in [2.75, 3.05) is 0 Å². The zero-order valence-electron chi connectivity index (χ0n) is 44.1. The van der Waals surface area contributed by atoms with Gasteiger partial charge in [-0.1, -0.05) is 183 Å². The summed E-state index contributed by atoms with van der Waals surface area (Å²) in [6, 6.07) is 89.9. The van der Waals surface area contributed by atoms with Crippen LogP contribution in [0.25, 0.3) is 44.5 Å². The Morgan fingerprint density at radius 1 is 0.271 bits per heavy atom. The number of rotatable bonds is 5. The molecule has 0 bridgehead atoms. The average Bonchev–Trinajstić information content (AvgIpc) is 1.59. The molecule has 0 aliphatic carbocycles. The van der Waals surface area contributed by atoms with Gasteiger partial charge < -0.3 is 6.15 Å². The van der Waals surface area contributed by atoms with Crippen LogP contribution in [-0.4, -0.2) is 17.6 Å². The monoisotopic (exact) mass is 2220 g/mol. The maximum atomic E-state index is 4.81. The minimum atomic E-state index is -3.01. The van der Waals surface area contributed by atoms with Gasteiger partial charge in [0.25, 0.3) is 0 Å². The van der Waals surface area contributed by atoms with Crippen LogP contribution in [0.2, 0.25) is 0 Å². The number of alkyl halides is 3. The van der Waals surface area contributed by atoms with Crippen LogP contribution in [0.4, 0.5) is 0 Å². The Hall–Kier alpha value is -0.157. The summed E-state index contributed by atoms with van der Waals surface area (Å²) in [6.07, 6.45) is 0. The van der Waals surface area contributed by atoms with Gasteiger partial charge in [-0.05, 0) is 228 Å². The summed E-state index contributed by atoms with van der Waals surface area (Å²) < 4.78 is 19.3. The molecule has 0 spiro atoms. The molecule has 85 heavy (non-hydrogen) atoms. The molecule has 18 heteroatoms. The first kappa shape index (κ1) is 75.6. The first-order chi connectivity index (χ1) is 39.9. The molecule has 0 atom stereocenters. The van der Waals surface area contributed by atoms with E-state index in [4.69, 9.17) is 34.8 Å². The maximum absolute atomic E-state index is 4.81. The Morgan fingerprint density at radius 2 is 0.518 bits per heavy atom. The molecule has 3 N–H and O–H groups in total. The van der Waals surface area contributed by atoms with Gasteiger partial charge in [-0.15, -0.1) is 12.4 Å². The largest absolute Gasteiger partial charge is 0.344 e. The molecular weight excluding hydrogens is 2180 g/mol. The van der Waals surface area contributed by atoms with E-state index in [1.54, 1.807) is 0 Å². The van der Waals surface area contributed by atoms with Crippen molar-refractivity contribution in [2.45, 2.75) is 4.30 Å². The molecule has 1 aliphatic heterocycles. The van der Waals surface area contributed by atoms with Crippen molar-refractivity contribution in [1.29, 1.82) is 0 Å². The third-order valence-electron chi connectivity index (χ3n) is 12.5. The maximum Gasteiger partial charge on any atom is 0.180 e. The van der Waals surface area contributed by atoms with Gasteiger partial charge in [-0.2, -0.15) is 0 Å². The van der Waals surface area contributed by atoms with E-state index in [1.807, 2.05) is 48.5 Å². The van der Waals surface area contributed by atoms with Crippen molar-refractivity contribution in [1.82, 2.24) is 6.15 Å². The van der Waals surface area contributed by atoms with Gasteiger partial charge in [-0.3, -0.25) is 0 Å². The summed E-state index contributed by atoms with van der Waals surface area (Å²) in [7, 11) is 0. The van der Waals surface area contributed by atoms with E-state index in [0.29, 0.717) is 0 Å². The Balaban J connectivity index is 0.000000199. The quantitative estimate of drug-likeness (QED) is 0.104. The molecule has 0 aromatic heterocycles. The van der Waals surface area contributed by atoms with Crippen LogP contribution in [0.1, 0.15) is 0 Å². The molecule has 436 valence electrons. The summed E-state index contributed by atoms with van der Waals surface area (Å²) in [5.41, 5.74) is 10.3. The van der Waals surface area contributed by atoms with Gasteiger partial charge in [0, 0.05) is 41.1 Å². The number of fused-ring (bicyclic) bond motifs is 3. The van der Waals surface area contributed by atoms with Gasteiger partial charge in [0.2, 0.25) is 0 Å². The second-order valence-electron chi connectivity index (χ2n) is 17.7. The Kier molecular flexibility index (Phi) is 33.9. The predicted molar refractivity (Wildman–Crippen MR) is 437 cm³/mol. The number of halogens is 16. The molecule has 11 aromatic rings. The van der Waals surface area contributed by atoms with Crippen molar-refractivity contribution >= 4 is 296 Å². The number of hydrogen-bond acceptors (Lipinski definition) is 1. The zero-order valence-corrected chi connectivity index (χ0v) is 70.6. The molecule has 11 aromatic carbocycles. The molecule has 1 nitrogen and oxygen atoms in total. The molecule has 0 fully saturated rings. The van der Waals surface area contributed by atoms with Gasteiger partial charge in [0.1, 0.15) is 0 Å². The first-order valence-corrected chi connectivity index (χ1v) is 41.0. The fourth-order valence-corrected chi connectivity index (χ4v) is 25.4. The smallest absolute Gasteiger partial charge is 0.180 e. The minimum absolute atomic E-state index is 0. The zero-order chi connectivity index (χ0) is 59.6. The number of benzene rings is 11. The van der Waals surface area contributed by atoms with Crippen molar-refractivity contribution in [3.05, 3.63) is 305 Å². The van der Waals surface area contributed by atoms with Crippen molar-refractivity contribution in [2.24, 2.45) is 0 Å². The first-order valence-electron chi connectivity index (χ1n) is 24.8. The summed E-state index contributed by atoms with van der Waals surface area (Å²) in [6.45, 7) is 0. The molecule has 0 amide bonds. The second-order valence-corrected chi connectivity index (χ2v) is 39.2. The fourth-order valence-electron chi connectivity index (χ4n) is 9.01. The molecule has 0 saturated heterocycles. The summed E-state index contributed by atoms with van der Waals surface area (Å²) in [5, 5.41) is 0. The van der Waals surface area contributed by atoms with Gasteiger partial charge >= 0.3 is 180 Å². The molecular formula is C67H47Br8Cl4GeI4N. The van der Waals surface area contributed by atoms with E-state index in [9.17, 15) is 0 Å². The van der Waals surface area contributed by atoms with E-state index < -0.39 is 17.6 Å². The van der Waals surface area contributed by atoms with Crippen LogP contribution >= 0.6 is 265 Å². The third kappa shape index (κ3) is 21.2. The van der Waals surface area contributed by atoms with E-state index in [1.165, 1.54) is 76.4 Å². The van der Waals surface area contributed by atoms with Gasteiger partial charge in [0.05, 0.1) is 0 Å². The Bertz CT molecular complexity index is 3610. The Labute approximate surface area is 645 Å². The third-order valence-corrected chi connectivity index (χ3v) is 31.8. The molecule has 0 unspecified atom stereocenters. The van der Waals surface area contributed by atoms with E-state index in [-0.39, 0.29) is 18.6 Å². The molecule has 12 rings (SSSR count). The fraction of sp³-hybridized carbons (Fsp3) is 0.0149. The molecule has 1 heterocycles. The van der Waals surface area contributed by atoms with Crippen molar-refractivity contribution in [3.8, 4) is 44.5 Å². The summed E-state index contributed by atoms with van der Waals surface area (Å²) >= 11 is 49.1. The van der Waals surface area contributed by atoms with Crippen molar-refractivity contribution < 1.29 is 0 Å².